The van der Waals surface area contributed by atoms with Crippen molar-refractivity contribution >= 4 is 32.5 Å². The number of ketones is 1. The maximum absolute atomic E-state index is 13.8. The first-order valence-electron chi connectivity index (χ1n) is 13.0. The number of phenols is 1. The molecule has 9 nitrogen and oxygen atoms in total. The number of methoxy groups -OCH3 is 1. The largest absolute Gasteiger partial charge is 0.505 e. The van der Waals surface area contributed by atoms with Gasteiger partial charge in [0.1, 0.15) is 5.75 Å². The molecule has 0 amide bonds. The van der Waals surface area contributed by atoms with Crippen LogP contribution in [0.5, 0.6) is 5.75 Å². The van der Waals surface area contributed by atoms with Crippen molar-refractivity contribution in [1.82, 2.24) is 9.13 Å². The van der Waals surface area contributed by atoms with Gasteiger partial charge in [-0.15, -0.1) is 0 Å². The van der Waals surface area contributed by atoms with Crippen LogP contribution in [-0.4, -0.2) is 55.0 Å². The van der Waals surface area contributed by atoms with Crippen molar-refractivity contribution in [3.63, 3.8) is 0 Å². The summed E-state index contributed by atoms with van der Waals surface area (Å²) in [6.45, 7) is 6.07. The lowest BCUT2D eigenvalue weighted by molar-refractivity contribution is 0.0971. The minimum atomic E-state index is -3.79. The molecule has 1 aromatic heterocycles. The number of nitrogens with one attached hydrogen (secondary N) is 1. The van der Waals surface area contributed by atoms with Gasteiger partial charge in [0.05, 0.1) is 49.2 Å². The van der Waals surface area contributed by atoms with Crippen LogP contribution in [0.3, 0.4) is 0 Å². The number of hydrogen-bond donors (Lipinski definition) is 2. The molecule has 0 bridgehead atoms. The molecule has 4 aromatic rings. The molecule has 0 aliphatic carbocycles. The number of hydrogen-bond acceptors (Lipinski definition) is 6. The van der Waals surface area contributed by atoms with Gasteiger partial charge in [-0.3, -0.25) is 14.5 Å². The Labute approximate surface area is 234 Å². The summed E-state index contributed by atoms with van der Waals surface area (Å²) in [7, 11) is -2.33. The highest BCUT2D eigenvalue weighted by atomic mass is 32.2. The maximum atomic E-state index is 13.8. The summed E-state index contributed by atoms with van der Waals surface area (Å²) in [5.41, 5.74) is 2.91. The number of benzene rings is 3. The molecule has 0 atom stereocenters. The van der Waals surface area contributed by atoms with Gasteiger partial charge >= 0.3 is 0 Å². The van der Waals surface area contributed by atoms with Crippen molar-refractivity contribution in [2.75, 3.05) is 30.8 Å². The van der Waals surface area contributed by atoms with Gasteiger partial charge in [-0.1, -0.05) is 63.2 Å². The number of phenolic OH excluding ortho intramolecular Hbond substituents is 1. The molecule has 0 saturated heterocycles. The molecular formula is C30H36N4O5S. The molecular weight excluding hydrogens is 528 g/mol. The number of imidazole rings is 1. The average molecular weight is 565 g/mol. The van der Waals surface area contributed by atoms with E-state index in [0.717, 1.165) is 27.2 Å². The fraction of sp³-hybridized carbons (Fsp3) is 0.333. The lowest BCUT2D eigenvalue weighted by Crippen LogP contribution is -2.34. The van der Waals surface area contributed by atoms with E-state index >= 15 is 0 Å². The molecule has 0 radical (unpaired) electrons. The second kappa shape index (κ2) is 11.3. The zero-order valence-corrected chi connectivity index (χ0v) is 24.3. The van der Waals surface area contributed by atoms with Crippen molar-refractivity contribution in [2.24, 2.45) is 0 Å². The van der Waals surface area contributed by atoms with E-state index in [-0.39, 0.29) is 48.1 Å². The molecule has 0 aliphatic rings. The molecule has 0 fully saturated rings. The zero-order valence-electron chi connectivity index (χ0n) is 23.5. The molecule has 0 unspecified atom stereocenters. The van der Waals surface area contributed by atoms with Crippen LogP contribution in [0.15, 0.2) is 66.7 Å². The first-order chi connectivity index (χ1) is 18.8. The van der Waals surface area contributed by atoms with E-state index in [1.54, 1.807) is 10.6 Å². The van der Waals surface area contributed by atoms with Crippen molar-refractivity contribution in [3.8, 4) is 5.75 Å². The molecule has 0 aliphatic heterocycles. The third-order valence-corrected chi connectivity index (χ3v) is 8.03. The monoisotopic (exact) mass is 564 g/mol. The Kier molecular flexibility index (Phi) is 8.23. The molecule has 0 spiro atoms. The van der Waals surface area contributed by atoms with Gasteiger partial charge in [0.15, 0.2) is 5.78 Å². The SMILES string of the molecule is COCCN(c1cc(C(=O)Cn2c(=N)n(Cc3ccccc3)c3ccccc32)cc(C(C)(C)C)c1O)S(C)(=O)=O. The first-order valence-corrected chi connectivity index (χ1v) is 14.8. The Morgan fingerprint density at radius 1 is 1.00 bits per heavy atom. The molecule has 0 saturated carbocycles. The predicted molar refractivity (Wildman–Crippen MR) is 157 cm³/mol. The summed E-state index contributed by atoms with van der Waals surface area (Å²) >= 11 is 0. The average Bonchev–Trinajstić information content (AvgIpc) is 3.15. The summed E-state index contributed by atoms with van der Waals surface area (Å²) in [6.07, 6.45) is 1.05. The number of nitrogens with zero attached hydrogens (tertiary/aromatic N) is 3. The van der Waals surface area contributed by atoms with Crippen LogP contribution in [-0.2, 0) is 33.3 Å². The van der Waals surface area contributed by atoms with Crippen LogP contribution >= 0.6 is 0 Å². The molecule has 40 heavy (non-hydrogen) atoms. The third kappa shape index (κ3) is 5.97. The highest BCUT2D eigenvalue weighted by Gasteiger charge is 2.29. The number of anilines is 1. The predicted octanol–water partition coefficient (Wildman–Crippen LogP) is 4.27. The van der Waals surface area contributed by atoms with E-state index in [1.165, 1.54) is 13.2 Å². The van der Waals surface area contributed by atoms with Gasteiger partial charge in [0, 0.05) is 18.2 Å². The first kappa shape index (κ1) is 29.1. The number of sulfonamides is 1. The van der Waals surface area contributed by atoms with Crippen LogP contribution in [0.1, 0.15) is 42.3 Å². The lowest BCUT2D eigenvalue weighted by atomic mass is 9.84. The van der Waals surface area contributed by atoms with Gasteiger partial charge in [0.2, 0.25) is 15.6 Å². The number of carbonyl (C=O) groups excluding carboxylic acids is 1. The summed E-state index contributed by atoms with van der Waals surface area (Å²) in [5.74, 6) is -0.507. The highest BCUT2D eigenvalue weighted by Crippen LogP contribution is 2.40. The van der Waals surface area contributed by atoms with E-state index in [4.69, 9.17) is 10.1 Å². The number of para-hydroxylation sites is 2. The van der Waals surface area contributed by atoms with E-state index in [0.29, 0.717) is 12.1 Å². The summed E-state index contributed by atoms with van der Waals surface area (Å²) < 4.78 is 35.1. The molecule has 2 N–H and O–H groups in total. The van der Waals surface area contributed by atoms with Crippen molar-refractivity contribution in [2.45, 2.75) is 39.3 Å². The van der Waals surface area contributed by atoms with Crippen LogP contribution in [0.2, 0.25) is 0 Å². The smallest absolute Gasteiger partial charge is 0.232 e. The third-order valence-electron chi connectivity index (χ3n) is 6.85. The Hall–Kier alpha value is -3.89. The topological polar surface area (TPSA) is 118 Å². The molecule has 3 aromatic carbocycles. The van der Waals surface area contributed by atoms with Gasteiger partial charge < -0.3 is 19.0 Å². The maximum Gasteiger partial charge on any atom is 0.232 e. The molecule has 1 heterocycles. The number of aromatic nitrogens is 2. The fourth-order valence-electron chi connectivity index (χ4n) is 4.80. The quantitative estimate of drug-likeness (QED) is 0.279. The summed E-state index contributed by atoms with van der Waals surface area (Å²) in [4.78, 5) is 13.8. The Morgan fingerprint density at radius 3 is 2.17 bits per heavy atom. The van der Waals surface area contributed by atoms with Crippen LogP contribution in [0.25, 0.3) is 11.0 Å². The van der Waals surface area contributed by atoms with Crippen molar-refractivity contribution in [1.29, 1.82) is 5.41 Å². The van der Waals surface area contributed by atoms with E-state index < -0.39 is 15.4 Å². The Balaban J connectivity index is 1.82. The molecule has 4 rings (SSSR count). The number of fused-ring (bicyclic) bond motifs is 1. The minimum Gasteiger partial charge on any atom is -0.505 e. The van der Waals surface area contributed by atoms with E-state index in [1.807, 2.05) is 79.9 Å². The van der Waals surface area contributed by atoms with Gasteiger partial charge in [-0.2, -0.15) is 0 Å². The van der Waals surface area contributed by atoms with Crippen LogP contribution in [0.4, 0.5) is 5.69 Å². The van der Waals surface area contributed by atoms with Gasteiger partial charge in [0.25, 0.3) is 0 Å². The van der Waals surface area contributed by atoms with Crippen molar-refractivity contribution in [3.05, 3.63) is 89.0 Å². The van der Waals surface area contributed by atoms with Gasteiger partial charge in [-0.25, -0.2) is 8.42 Å². The van der Waals surface area contributed by atoms with Gasteiger partial charge in [-0.05, 0) is 35.2 Å². The van der Waals surface area contributed by atoms with E-state index in [9.17, 15) is 18.3 Å². The van der Waals surface area contributed by atoms with Crippen LogP contribution in [0, 0.1) is 5.41 Å². The lowest BCUT2D eigenvalue weighted by Gasteiger charge is -2.28. The second-order valence-electron chi connectivity index (χ2n) is 10.9. The number of Topliss-reactive ketones (excluding diaryl/α,β-unsaturated/α-hetero) is 1. The standard InChI is InChI=1S/C30H36N4O5S/c1-30(2,3)23-17-22(18-26(28(23)36)34(15-16-39-4)40(5,37)38)27(35)20-33-25-14-10-9-13-24(25)32(29(33)31)19-21-11-7-6-8-12-21/h6-14,17-18,31,36H,15-16,19-20H2,1-5H3. The highest BCUT2D eigenvalue weighted by molar-refractivity contribution is 7.92. The summed E-state index contributed by atoms with van der Waals surface area (Å²) in [5, 5.41) is 20.1. The summed E-state index contributed by atoms with van der Waals surface area (Å²) in [6, 6.07) is 20.4. The second-order valence-corrected chi connectivity index (χ2v) is 12.8. The number of rotatable bonds is 10. The normalized spacial score (nSPS) is 12.1. The molecule has 10 heteroatoms. The zero-order chi connectivity index (χ0) is 29.2. The van der Waals surface area contributed by atoms with E-state index in [2.05, 4.69) is 0 Å². The Bertz CT molecular complexity index is 1700. The number of ether oxygens (including phenoxy) is 1. The Morgan fingerprint density at radius 2 is 1.60 bits per heavy atom. The molecule has 212 valence electrons. The fourth-order valence-corrected chi connectivity index (χ4v) is 5.70. The van der Waals surface area contributed by atoms with Crippen LogP contribution < -0.4 is 9.92 Å². The number of aromatic hydroxyl groups is 1. The van der Waals surface area contributed by atoms with Crippen molar-refractivity contribution < 1.29 is 23.1 Å². The minimum absolute atomic E-state index is 0.0251. The number of carbonyl (C=O) groups is 1.